The summed E-state index contributed by atoms with van der Waals surface area (Å²) in [5.41, 5.74) is 0.574. The van der Waals surface area contributed by atoms with Gasteiger partial charge in [0.15, 0.2) is 0 Å². The van der Waals surface area contributed by atoms with Crippen LogP contribution in [0.5, 0.6) is 0 Å². The van der Waals surface area contributed by atoms with Crippen molar-refractivity contribution in [3.63, 3.8) is 0 Å². The number of hydrogen-bond acceptors (Lipinski definition) is 2. The molecule has 0 N–H and O–H groups in total. The molecule has 0 saturated carbocycles. The number of rotatable bonds is 7. The third kappa shape index (κ3) is 5.99. The molecule has 26 heavy (non-hydrogen) atoms. The van der Waals surface area contributed by atoms with Crippen LogP contribution in [0.4, 0.5) is 13.2 Å². The zero-order valence-corrected chi connectivity index (χ0v) is 16.6. The molecule has 1 fully saturated rings. The molecule has 2 aromatic carbocycles. The topological polar surface area (TPSA) is 18.5 Å². The van der Waals surface area contributed by atoms with Gasteiger partial charge < -0.3 is 0 Å². The van der Waals surface area contributed by atoms with E-state index in [1.165, 1.54) is 12.1 Å². The average Bonchev–Trinajstić information content (AvgIpc) is 3.08. The Morgan fingerprint density at radius 1 is 1.04 bits per heavy atom. The molecule has 0 aromatic heterocycles. The van der Waals surface area contributed by atoms with Gasteiger partial charge in [0.2, 0.25) is 0 Å². The van der Waals surface area contributed by atoms with Gasteiger partial charge in [-0.05, 0) is 0 Å². The van der Waals surface area contributed by atoms with Crippen LogP contribution in [0, 0.1) is 5.92 Å². The molecule has 3 rings (SSSR count). The molecular weight excluding hydrogens is 457 g/mol. The summed E-state index contributed by atoms with van der Waals surface area (Å²) < 4.78 is 51.4. The van der Waals surface area contributed by atoms with E-state index < -0.39 is 32.7 Å². The van der Waals surface area contributed by atoms with E-state index in [0.717, 1.165) is 26.7 Å². The summed E-state index contributed by atoms with van der Waals surface area (Å²) in [5, 5.41) is 0. The van der Waals surface area contributed by atoms with Gasteiger partial charge in [-0.15, -0.1) is 0 Å². The van der Waals surface area contributed by atoms with Crippen LogP contribution in [0.3, 0.4) is 0 Å². The molecule has 6 heteroatoms. The maximum atomic E-state index is 12.6. The molecular formula is C20H21F3O2Te. The van der Waals surface area contributed by atoms with Gasteiger partial charge in [0.25, 0.3) is 0 Å². The molecule has 0 aliphatic carbocycles. The van der Waals surface area contributed by atoms with Crippen molar-refractivity contribution in [2.75, 3.05) is 13.2 Å². The van der Waals surface area contributed by atoms with Crippen molar-refractivity contribution < 1.29 is 22.6 Å². The Morgan fingerprint density at radius 2 is 1.77 bits per heavy atom. The van der Waals surface area contributed by atoms with Crippen LogP contribution >= 0.6 is 0 Å². The summed E-state index contributed by atoms with van der Waals surface area (Å²) in [6.07, 6.45) is -3.16. The summed E-state index contributed by atoms with van der Waals surface area (Å²) in [7, 11) is 0. The fourth-order valence-corrected chi connectivity index (χ4v) is 5.67. The van der Waals surface area contributed by atoms with Crippen molar-refractivity contribution in [1.29, 1.82) is 0 Å². The minimum absolute atomic E-state index is 0.129. The van der Waals surface area contributed by atoms with Crippen LogP contribution in [-0.4, -0.2) is 40.2 Å². The second-order valence-corrected chi connectivity index (χ2v) is 9.51. The van der Waals surface area contributed by atoms with Gasteiger partial charge in [-0.3, -0.25) is 0 Å². The minimum atomic E-state index is -4.26. The molecule has 0 bridgehead atoms. The van der Waals surface area contributed by atoms with E-state index in [9.17, 15) is 13.2 Å². The number of benzene rings is 2. The van der Waals surface area contributed by atoms with Crippen LogP contribution in [0.25, 0.3) is 0 Å². The first-order valence-electron chi connectivity index (χ1n) is 8.54. The van der Waals surface area contributed by atoms with Crippen LogP contribution in [0.2, 0.25) is 4.47 Å². The van der Waals surface area contributed by atoms with Gasteiger partial charge in [0.1, 0.15) is 0 Å². The standard InChI is InChI=1S/C20H21F3O2Te/c21-20(22,23)17-6-8-19(9-7-17)26-14-16-10-18(25-12-16)13-24-11-15-4-2-1-3-5-15/h1-9,16,18H,10-14H2. The summed E-state index contributed by atoms with van der Waals surface area (Å²) in [4.78, 5) is 0. The Morgan fingerprint density at radius 3 is 2.46 bits per heavy atom. The summed E-state index contributed by atoms with van der Waals surface area (Å²) in [6, 6.07) is 15.7. The average molecular weight is 478 g/mol. The SMILES string of the molecule is FC(F)(F)c1ccc([Te]CC2COC(COCc3ccccc3)C2)cc1. The predicted octanol–water partition coefficient (Wildman–Crippen LogP) is 4.08. The molecule has 2 aromatic rings. The molecule has 1 heterocycles. The summed E-state index contributed by atoms with van der Waals surface area (Å²) >= 11 is -0.487. The normalized spacial score (nSPS) is 20.4. The molecule has 1 aliphatic rings. The quantitative estimate of drug-likeness (QED) is 0.560. The van der Waals surface area contributed by atoms with Crippen molar-refractivity contribution in [3.05, 3.63) is 65.7 Å². The molecule has 1 saturated heterocycles. The second-order valence-electron chi connectivity index (χ2n) is 6.39. The van der Waals surface area contributed by atoms with Crippen LogP contribution < -0.4 is 3.61 Å². The molecule has 2 unspecified atom stereocenters. The van der Waals surface area contributed by atoms with Crippen molar-refractivity contribution in [1.82, 2.24) is 0 Å². The van der Waals surface area contributed by atoms with Crippen LogP contribution in [0.15, 0.2) is 54.6 Å². The maximum absolute atomic E-state index is 12.6. The Labute approximate surface area is 161 Å². The molecule has 2 nitrogen and oxygen atoms in total. The zero-order chi connectivity index (χ0) is 18.4. The van der Waals surface area contributed by atoms with E-state index in [-0.39, 0.29) is 6.10 Å². The van der Waals surface area contributed by atoms with E-state index >= 15 is 0 Å². The van der Waals surface area contributed by atoms with E-state index in [4.69, 9.17) is 9.47 Å². The van der Waals surface area contributed by atoms with Crippen molar-refractivity contribution in [2.45, 2.75) is 29.8 Å². The van der Waals surface area contributed by atoms with Gasteiger partial charge in [-0.25, -0.2) is 0 Å². The first-order chi connectivity index (χ1) is 12.5. The van der Waals surface area contributed by atoms with Gasteiger partial charge >= 0.3 is 162 Å². The van der Waals surface area contributed by atoms with Crippen LogP contribution in [0.1, 0.15) is 17.5 Å². The zero-order valence-electron chi connectivity index (χ0n) is 14.2. The number of hydrogen-bond donors (Lipinski definition) is 0. The Hall–Kier alpha value is -1.06. The number of ether oxygens (including phenoxy) is 2. The predicted molar refractivity (Wildman–Crippen MR) is 95.6 cm³/mol. The third-order valence-electron chi connectivity index (χ3n) is 4.25. The van der Waals surface area contributed by atoms with Crippen molar-refractivity contribution >= 4 is 24.5 Å². The Balaban J connectivity index is 1.36. The summed E-state index contributed by atoms with van der Waals surface area (Å²) in [5.74, 6) is 0.491. The molecule has 0 spiro atoms. The Kier molecular flexibility index (Phi) is 6.99. The fraction of sp³-hybridized carbons (Fsp3) is 0.400. The number of alkyl halides is 3. The second kappa shape index (κ2) is 9.23. The first kappa shape index (κ1) is 19.7. The van der Waals surface area contributed by atoms with E-state index in [2.05, 4.69) is 0 Å². The van der Waals surface area contributed by atoms with E-state index in [1.54, 1.807) is 12.1 Å². The molecule has 140 valence electrons. The van der Waals surface area contributed by atoms with Gasteiger partial charge in [0.05, 0.1) is 0 Å². The summed E-state index contributed by atoms with van der Waals surface area (Å²) in [6.45, 7) is 1.90. The first-order valence-corrected chi connectivity index (χ1v) is 11.4. The monoisotopic (exact) mass is 480 g/mol. The molecule has 1 aliphatic heterocycles. The Bertz CT molecular complexity index is 674. The van der Waals surface area contributed by atoms with Crippen molar-refractivity contribution in [2.24, 2.45) is 5.92 Å². The van der Waals surface area contributed by atoms with Gasteiger partial charge in [0, 0.05) is 0 Å². The third-order valence-corrected chi connectivity index (χ3v) is 7.80. The number of halogens is 3. The van der Waals surface area contributed by atoms with Crippen molar-refractivity contribution in [3.8, 4) is 0 Å². The molecule has 0 radical (unpaired) electrons. The molecule has 0 amide bonds. The van der Waals surface area contributed by atoms with Gasteiger partial charge in [-0.1, -0.05) is 0 Å². The molecule has 2 atom stereocenters. The van der Waals surface area contributed by atoms with Gasteiger partial charge in [-0.2, -0.15) is 0 Å². The fourth-order valence-electron chi connectivity index (χ4n) is 2.85. The van der Waals surface area contributed by atoms with E-state index in [1.807, 2.05) is 30.3 Å². The van der Waals surface area contributed by atoms with Crippen LogP contribution in [-0.2, 0) is 22.3 Å². The van der Waals surface area contributed by atoms with E-state index in [0.29, 0.717) is 19.1 Å².